The lowest BCUT2D eigenvalue weighted by Gasteiger charge is -2.15. The van der Waals surface area contributed by atoms with Gasteiger partial charge in [-0.15, -0.1) is 0 Å². The molecule has 0 heterocycles. The highest BCUT2D eigenvalue weighted by atomic mass is 32.2. The summed E-state index contributed by atoms with van der Waals surface area (Å²) >= 11 is 0. The van der Waals surface area contributed by atoms with E-state index in [1.807, 2.05) is 24.3 Å². The van der Waals surface area contributed by atoms with Gasteiger partial charge in [0, 0.05) is 12.3 Å². The zero-order valence-corrected chi connectivity index (χ0v) is 10.8. The third kappa shape index (κ3) is 5.16. The van der Waals surface area contributed by atoms with E-state index in [4.69, 9.17) is 10.6 Å². The second-order valence-corrected chi connectivity index (χ2v) is 6.20. The number of benzene rings is 1. The molecule has 1 rings (SSSR count). The Morgan fingerprint density at radius 2 is 2.18 bits per heavy atom. The topological polar surface area (TPSA) is 81.4 Å². The molecule has 6 heteroatoms. The third-order valence-corrected chi connectivity index (χ3v) is 3.36. The van der Waals surface area contributed by atoms with Crippen molar-refractivity contribution in [2.45, 2.75) is 12.5 Å². The molecule has 0 aliphatic rings. The Kier molecular flexibility index (Phi) is 4.92. The van der Waals surface area contributed by atoms with Crippen LogP contribution in [0.15, 0.2) is 24.3 Å². The van der Waals surface area contributed by atoms with Crippen LogP contribution in [0.1, 0.15) is 5.56 Å². The van der Waals surface area contributed by atoms with Gasteiger partial charge in [-0.25, -0.2) is 8.42 Å². The van der Waals surface area contributed by atoms with Crippen molar-refractivity contribution in [2.24, 2.45) is 5.84 Å². The number of hydrogen-bond acceptors (Lipinski definition) is 5. The van der Waals surface area contributed by atoms with E-state index in [0.717, 1.165) is 11.3 Å². The molecule has 1 aromatic rings. The van der Waals surface area contributed by atoms with Crippen LogP contribution in [0.2, 0.25) is 0 Å². The van der Waals surface area contributed by atoms with E-state index >= 15 is 0 Å². The average molecular weight is 258 g/mol. The van der Waals surface area contributed by atoms with Crippen LogP contribution in [0.4, 0.5) is 0 Å². The summed E-state index contributed by atoms with van der Waals surface area (Å²) in [6, 6.07) is 7.19. The van der Waals surface area contributed by atoms with Crippen molar-refractivity contribution in [3.63, 3.8) is 0 Å². The predicted molar refractivity (Wildman–Crippen MR) is 67.5 cm³/mol. The molecular formula is C11H18N2O3S. The highest BCUT2D eigenvalue weighted by Gasteiger charge is 2.14. The van der Waals surface area contributed by atoms with Gasteiger partial charge in [-0.3, -0.25) is 11.3 Å². The van der Waals surface area contributed by atoms with Crippen molar-refractivity contribution >= 4 is 9.84 Å². The molecule has 5 nitrogen and oxygen atoms in total. The van der Waals surface area contributed by atoms with Crippen molar-refractivity contribution in [1.82, 2.24) is 5.43 Å². The Balaban J connectivity index is 2.73. The van der Waals surface area contributed by atoms with Gasteiger partial charge in [-0.05, 0) is 24.1 Å². The number of nitrogens with two attached hydrogens (primary N) is 1. The second-order valence-electron chi connectivity index (χ2n) is 4.01. The summed E-state index contributed by atoms with van der Waals surface area (Å²) in [6.45, 7) is 0. The summed E-state index contributed by atoms with van der Waals surface area (Å²) in [5, 5.41) is 0. The van der Waals surface area contributed by atoms with Gasteiger partial charge in [0.25, 0.3) is 0 Å². The van der Waals surface area contributed by atoms with Gasteiger partial charge in [0.2, 0.25) is 0 Å². The van der Waals surface area contributed by atoms with Crippen molar-refractivity contribution in [2.75, 3.05) is 19.1 Å². The van der Waals surface area contributed by atoms with Crippen molar-refractivity contribution in [1.29, 1.82) is 0 Å². The first-order chi connectivity index (χ1) is 7.94. The minimum atomic E-state index is -3.04. The monoisotopic (exact) mass is 258 g/mol. The molecule has 0 radical (unpaired) electrons. The molecule has 0 amide bonds. The molecule has 0 aromatic heterocycles. The molecule has 17 heavy (non-hydrogen) atoms. The zero-order chi connectivity index (χ0) is 12.9. The summed E-state index contributed by atoms with van der Waals surface area (Å²) in [6.07, 6.45) is 1.74. The van der Waals surface area contributed by atoms with E-state index in [1.165, 1.54) is 6.26 Å². The minimum absolute atomic E-state index is 0.0146. The Bertz CT molecular complexity index is 460. The Labute approximate surface area is 102 Å². The molecule has 1 atom stereocenters. The number of methoxy groups -OCH3 is 1. The van der Waals surface area contributed by atoms with Crippen molar-refractivity contribution in [3.05, 3.63) is 29.8 Å². The van der Waals surface area contributed by atoms with Crippen LogP contribution < -0.4 is 16.0 Å². The first kappa shape index (κ1) is 14.0. The summed E-state index contributed by atoms with van der Waals surface area (Å²) in [7, 11) is -1.45. The Morgan fingerprint density at radius 1 is 1.47 bits per heavy atom. The Hall–Kier alpha value is -1.11. The van der Waals surface area contributed by atoms with Crippen LogP contribution in [0, 0.1) is 0 Å². The van der Waals surface area contributed by atoms with Crippen molar-refractivity contribution < 1.29 is 13.2 Å². The fraction of sp³-hybridized carbons (Fsp3) is 0.455. The van der Waals surface area contributed by atoms with Gasteiger partial charge in [0.15, 0.2) is 0 Å². The van der Waals surface area contributed by atoms with Crippen LogP contribution in [-0.4, -0.2) is 33.6 Å². The molecule has 0 fully saturated rings. The van der Waals surface area contributed by atoms with Crippen molar-refractivity contribution in [3.8, 4) is 5.75 Å². The summed E-state index contributed by atoms with van der Waals surface area (Å²) in [4.78, 5) is 0. The third-order valence-electron chi connectivity index (χ3n) is 2.36. The first-order valence-electron chi connectivity index (χ1n) is 5.21. The minimum Gasteiger partial charge on any atom is -0.497 e. The fourth-order valence-electron chi connectivity index (χ4n) is 1.62. The Morgan fingerprint density at radius 3 is 2.71 bits per heavy atom. The maximum Gasteiger partial charge on any atom is 0.149 e. The number of sulfone groups is 1. The summed E-state index contributed by atoms with van der Waals surface area (Å²) < 4.78 is 27.5. The van der Waals surface area contributed by atoms with Gasteiger partial charge >= 0.3 is 0 Å². The summed E-state index contributed by atoms with van der Waals surface area (Å²) in [5.41, 5.74) is 3.51. The molecule has 0 spiro atoms. The normalized spacial score (nSPS) is 13.4. The SMILES string of the molecule is COc1cccc(CC(CS(C)(=O)=O)NN)c1. The highest BCUT2D eigenvalue weighted by molar-refractivity contribution is 7.90. The average Bonchev–Trinajstić information content (AvgIpc) is 2.26. The number of hydrogen-bond donors (Lipinski definition) is 2. The van der Waals surface area contributed by atoms with Crippen LogP contribution in [0.25, 0.3) is 0 Å². The molecule has 1 aromatic carbocycles. The number of rotatable bonds is 6. The lowest BCUT2D eigenvalue weighted by atomic mass is 10.1. The number of ether oxygens (including phenoxy) is 1. The van der Waals surface area contributed by atoms with E-state index in [-0.39, 0.29) is 11.8 Å². The van der Waals surface area contributed by atoms with Gasteiger partial charge in [0.05, 0.1) is 12.9 Å². The largest absolute Gasteiger partial charge is 0.497 e. The number of nitrogens with one attached hydrogen (secondary N) is 1. The highest BCUT2D eigenvalue weighted by Crippen LogP contribution is 2.14. The quantitative estimate of drug-likeness (QED) is 0.559. The molecule has 0 saturated carbocycles. The second kappa shape index (κ2) is 6.00. The summed E-state index contributed by atoms with van der Waals surface area (Å²) in [5.74, 6) is 6.12. The van der Waals surface area contributed by atoms with E-state index in [2.05, 4.69) is 5.43 Å². The molecule has 0 aliphatic heterocycles. The molecule has 0 saturated heterocycles. The van der Waals surface area contributed by atoms with Gasteiger partial charge in [-0.2, -0.15) is 0 Å². The van der Waals surface area contributed by atoms with Crippen LogP contribution in [0.3, 0.4) is 0 Å². The van der Waals surface area contributed by atoms with E-state index < -0.39 is 9.84 Å². The van der Waals surface area contributed by atoms with E-state index in [0.29, 0.717) is 6.42 Å². The lowest BCUT2D eigenvalue weighted by Crippen LogP contribution is -2.41. The van der Waals surface area contributed by atoms with Crippen LogP contribution in [-0.2, 0) is 16.3 Å². The molecule has 3 N–H and O–H groups in total. The fourth-order valence-corrected chi connectivity index (χ4v) is 2.56. The van der Waals surface area contributed by atoms with E-state index in [9.17, 15) is 8.42 Å². The maximum absolute atomic E-state index is 11.2. The first-order valence-corrected chi connectivity index (χ1v) is 7.27. The lowest BCUT2D eigenvalue weighted by molar-refractivity contribution is 0.414. The molecule has 96 valence electrons. The van der Waals surface area contributed by atoms with E-state index in [1.54, 1.807) is 7.11 Å². The zero-order valence-electron chi connectivity index (χ0n) is 10.0. The van der Waals surface area contributed by atoms with Gasteiger partial charge < -0.3 is 4.74 Å². The predicted octanol–water partition coefficient (Wildman–Crippen LogP) is 0.114. The van der Waals surface area contributed by atoms with Crippen LogP contribution in [0.5, 0.6) is 5.75 Å². The molecular weight excluding hydrogens is 240 g/mol. The smallest absolute Gasteiger partial charge is 0.149 e. The van der Waals surface area contributed by atoms with Gasteiger partial charge in [0.1, 0.15) is 15.6 Å². The maximum atomic E-state index is 11.2. The molecule has 0 aliphatic carbocycles. The molecule has 1 unspecified atom stereocenters. The molecule has 0 bridgehead atoms. The van der Waals surface area contributed by atoms with Crippen LogP contribution >= 0.6 is 0 Å². The van der Waals surface area contributed by atoms with Gasteiger partial charge in [-0.1, -0.05) is 12.1 Å². The standard InChI is InChI=1S/C11H18N2O3S/c1-16-11-5-3-4-9(7-11)6-10(13-12)8-17(2,14)15/h3-5,7,10,13H,6,8,12H2,1-2H3. The number of hydrazine groups is 1.